The van der Waals surface area contributed by atoms with Crippen molar-refractivity contribution in [2.75, 3.05) is 19.6 Å². The number of amides is 1. The van der Waals surface area contributed by atoms with E-state index in [4.69, 9.17) is 5.11 Å². The molecule has 1 aliphatic rings. The number of hydrogen-bond donors (Lipinski definition) is 2. The number of nitrogens with one attached hydrogen (secondary N) is 1. The van der Waals surface area contributed by atoms with Crippen molar-refractivity contribution >= 4 is 5.91 Å². The summed E-state index contributed by atoms with van der Waals surface area (Å²) in [6.07, 6.45) is -2.97. The minimum Gasteiger partial charge on any atom is -0.392 e. The number of carbonyl (C=O) groups excluding carboxylic acids is 1. The van der Waals surface area contributed by atoms with Crippen LogP contribution in [0.25, 0.3) is 0 Å². The zero-order chi connectivity index (χ0) is 16.9. The summed E-state index contributed by atoms with van der Waals surface area (Å²) in [5.74, 6) is -0.925. The predicted octanol–water partition coefficient (Wildman–Crippen LogP) is 2.07. The van der Waals surface area contributed by atoms with E-state index in [-0.39, 0.29) is 6.61 Å². The van der Waals surface area contributed by atoms with Crippen LogP contribution >= 0.6 is 0 Å². The van der Waals surface area contributed by atoms with Crippen LogP contribution in [0.1, 0.15) is 24.0 Å². The molecule has 1 amide bonds. The number of rotatable bonds is 5. The Hall–Kier alpha value is -1.60. The topological polar surface area (TPSA) is 52.6 Å². The average molecular weight is 330 g/mol. The van der Waals surface area contributed by atoms with Gasteiger partial charge in [0, 0.05) is 13.1 Å². The predicted molar refractivity (Wildman–Crippen MR) is 79.4 cm³/mol. The smallest absolute Gasteiger partial charge is 0.392 e. The second kappa shape index (κ2) is 7.79. The molecule has 0 radical (unpaired) electrons. The van der Waals surface area contributed by atoms with Gasteiger partial charge in [-0.25, -0.2) is 0 Å². The number of piperidine rings is 1. The van der Waals surface area contributed by atoms with Crippen LogP contribution in [0.15, 0.2) is 24.3 Å². The lowest BCUT2D eigenvalue weighted by molar-refractivity contribution is -0.141. The minimum atomic E-state index is -4.38. The second-order valence-electron chi connectivity index (χ2n) is 5.88. The first-order chi connectivity index (χ1) is 10.9. The number of nitrogens with zero attached hydrogens (tertiary/aromatic N) is 1. The lowest BCUT2D eigenvalue weighted by Crippen LogP contribution is -2.44. The van der Waals surface area contributed by atoms with E-state index >= 15 is 0 Å². The van der Waals surface area contributed by atoms with Gasteiger partial charge in [0.05, 0.1) is 12.5 Å². The summed E-state index contributed by atoms with van der Waals surface area (Å²) < 4.78 is 36.5. The van der Waals surface area contributed by atoms with Crippen LogP contribution in [0.3, 0.4) is 0 Å². The Balaban J connectivity index is 1.86. The van der Waals surface area contributed by atoms with E-state index in [1.807, 2.05) is 29.6 Å². The maximum atomic E-state index is 12.2. The van der Waals surface area contributed by atoms with Crippen molar-refractivity contribution < 1.29 is 23.1 Å². The van der Waals surface area contributed by atoms with E-state index in [2.05, 4.69) is 4.90 Å². The fourth-order valence-corrected chi connectivity index (χ4v) is 2.75. The molecule has 1 aromatic rings. The van der Waals surface area contributed by atoms with Crippen molar-refractivity contribution in [3.05, 3.63) is 35.4 Å². The normalized spacial score (nSPS) is 19.6. The van der Waals surface area contributed by atoms with Gasteiger partial charge in [0.15, 0.2) is 0 Å². The van der Waals surface area contributed by atoms with E-state index in [0.29, 0.717) is 19.5 Å². The third-order valence-electron chi connectivity index (χ3n) is 3.95. The van der Waals surface area contributed by atoms with Crippen molar-refractivity contribution in [2.24, 2.45) is 5.92 Å². The summed E-state index contributed by atoms with van der Waals surface area (Å²) >= 11 is 0. The second-order valence-corrected chi connectivity index (χ2v) is 5.88. The molecule has 1 saturated heterocycles. The minimum absolute atomic E-state index is 0.00849. The maximum Gasteiger partial charge on any atom is 0.405 e. The summed E-state index contributed by atoms with van der Waals surface area (Å²) in [6.45, 7) is 0.654. The van der Waals surface area contributed by atoms with Gasteiger partial charge in [0.2, 0.25) is 5.91 Å². The number of benzene rings is 1. The molecular weight excluding hydrogens is 309 g/mol. The van der Waals surface area contributed by atoms with Crippen molar-refractivity contribution in [2.45, 2.75) is 32.2 Å². The highest BCUT2D eigenvalue weighted by molar-refractivity contribution is 5.79. The largest absolute Gasteiger partial charge is 0.405 e. The molecule has 128 valence electrons. The monoisotopic (exact) mass is 330 g/mol. The first kappa shape index (κ1) is 17.7. The van der Waals surface area contributed by atoms with Crippen LogP contribution in [0.2, 0.25) is 0 Å². The van der Waals surface area contributed by atoms with Gasteiger partial charge in [-0.05, 0) is 30.5 Å². The Morgan fingerprint density at radius 1 is 1.26 bits per heavy atom. The fraction of sp³-hybridized carbons (Fsp3) is 0.562. The first-order valence-corrected chi connectivity index (χ1v) is 7.63. The van der Waals surface area contributed by atoms with Crippen LogP contribution in [0.4, 0.5) is 13.2 Å². The lowest BCUT2D eigenvalue weighted by atomic mass is 9.96. The molecule has 2 N–H and O–H groups in total. The Kier molecular flexibility index (Phi) is 6.01. The number of aliphatic hydroxyl groups excluding tert-OH is 1. The number of halogens is 3. The van der Waals surface area contributed by atoms with E-state index in [0.717, 1.165) is 24.1 Å². The van der Waals surface area contributed by atoms with Crippen molar-refractivity contribution in [1.29, 1.82) is 0 Å². The zero-order valence-electron chi connectivity index (χ0n) is 12.8. The van der Waals surface area contributed by atoms with Gasteiger partial charge in [-0.2, -0.15) is 13.2 Å². The van der Waals surface area contributed by atoms with E-state index < -0.39 is 24.5 Å². The highest BCUT2D eigenvalue weighted by Gasteiger charge is 2.31. The number of hydrogen-bond acceptors (Lipinski definition) is 3. The summed E-state index contributed by atoms with van der Waals surface area (Å²) in [5, 5.41) is 11.0. The van der Waals surface area contributed by atoms with Crippen LogP contribution in [0.5, 0.6) is 0 Å². The Morgan fingerprint density at radius 2 is 1.91 bits per heavy atom. The van der Waals surface area contributed by atoms with Gasteiger partial charge in [0.1, 0.15) is 6.54 Å². The van der Waals surface area contributed by atoms with Gasteiger partial charge in [-0.15, -0.1) is 0 Å². The van der Waals surface area contributed by atoms with Crippen molar-refractivity contribution in [3.8, 4) is 0 Å². The van der Waals surface area contributed by atoms with Gasteiger partial charge in [-0.1, -0.05) is 24.3 Å². The molecule has 0 bridgehead atoms. The molecule has 1 heterocycles. The third-order valence-corrected chi connectivity index (χ3v) is 3.95. The standard InChI is InChI=1S/C16H21F3N2O2/c17-16(18,19)11-20-15(23)14-2-1-7-21(9-14)8-12-3-5-13(10-22)6-4-12/h3-6,14,22H,1-2,7-11H2,(H,20,23). The summed E-state index contributed by atoms with van der Waals surface area (Å²) in [6, 6.07) is 7.51. The molecule has 1 aliphatic heterocycles. The summed E-state index contributed by atoms with van der Waals surface area (Å²) in [5.41, 5.74) is 1.88. The van der Waals surface area contributed by atoms with Gasteiger partial charge >= 0.3 is 6.18 Å². The molecule has 1 aromatic carbocycles. The van der Waals surface area contributed by atoms with E-state index in [1.54, 1.807) is 0 Å². The number of aliphatic hydroxyl groups is 1. The lowest BCUT2D eigenvalue weighted by Gasteiger charge is -2.32. The molecule has 7 heteroatoms. The van der Waals surface area contributed by atoms with Crippen LogP contribution in [-0.2, 0) is 17.9 Å². The Bertz CT molecular complexity index is 517. The SMILES string of the molecule is O=C(NCC(F)(F)F)C1CCCN(Cc2ccc(CO)cc2)C1. The third kappa shape index (κ3) is 5.84. The van der Waals surface area contributed by atoms with Gasteiger partial charge in [0.25, 0.3) is 0 Å². The highest BCUT2D eigenvalue weighted by Crippen LogP contribution is 2.20. The molecule has 1 atom stereocenters. The quantitative estimate of drug-likeness (QED) is 0.869. The molecule has 2 rings (SSSR count). The molecule has 1 fully saturated rings. The molecular formula is C16H21F3N2O2. The molecule has 0 aliphatic carbocycles. The molecule has 23 heavy (non-hydrogen) atoms. The van der Waals surface area contributed by atoms with Crippen LogP contribution in [-0.4, -0.2) is 41.7 Å². The molecule has 0 spiro atoms. The number of likely N-dealkylation sites (tertiary alicyclic amines) is 1. The highest BCUT2D eigenvalue weighted by atomic mass is 19.4. The Labute approximate surface area is 133 Å². The molecule has 1 unspecified atom stereocenters. The van der Waals surface area contributed by atoms with Crippen molar-refractivity contribution in [3.63, 3.8) is 0 Å². The average Bonchev–Trinajstić information content (AvgIpc) is 2.53. The maximum absolute atomic E-state index is 12.2. The van der Waals surface area contributed by atoms with Crippen LogP contribution in [0, 0.1) is 5.92 Å². The fourth-order valence-electron chi connectivity index (χ4n) is 2.75. The summed E-state index contributed by atoms with van der Waals surface area (Å²) in [7, 11) is 0. The van der Waals surface area contributed by atoms with Gasteiger partial charge < -0.3 is 10.4 Å². The van der Waals surface area contributed by atoms with E-state index in [1.165, 1.54) is 0 Å². The molecule has 0 aromatic heterocycles. The molecule has 4 nitrogen and oxygen atoms in total. The van der Waals surface area contributed by atoms with E-state index in [9.17, 15) is 18.0 Å². The zero-order valence-corrected chi connectivity index (χ0v) is 12.8. The number of carbonyl (C=O) groups is 1. The first-order valence-electron chi connectivity index (χ1n) is 7.63. The van der Waals surface area contributed by atoms with Crippen LogP contribution < -0.4 is 5.32 Å². The van der Waals surface area contributed by atoms with Gasteiger partial charge in [-0.3, -0.25) is 9.69 Å². The molecule has 0 saturated carbocycles. The van der Waals surface area contributed by atoms with Crippen molar-refractivity contribution in [1.82, 2.24) is 10.2 Å². The Morgan fingerprint density at radius 3 is 2.52 bits per heavy atom. The summed E-state index contributed by atoms with van der Waals surface area (Å²) in [4.78, 5) is 13.9. The number of alkyl halides is 3.